The monoisotopic (exact) mass is 770 g/mol. The average molecular weight is 771 g/mol. The highest BCUT2D eigenvalue weighted by atomic mass is 32.2. The molecule has 288 valence electrons. The number of thioether (sulfide) groups is 1. The van der Waals surface area contributed by atoms with E-state index in [4.69, 9.17) is 28.4 Å². The minimum Gasteiger partial charge on any atom is -0.504 e. The number of rotatable bonds is 3. The molecule has 14 nitrogen and oxygen atoms in total. The number of phenols is 2. The van der Waals surface area contributed by atoms with Crippen molar-refractivity contribution in [3.8, 4) is 46.3 Å². The van der Waals surface area contributed by atoms with Gasteiger partial charge in [0.1, 0.15) is 18.4 Å². The maximum atomic E-state index is 14.7. The van der Waals surface area contributed by atoms with Gasteiger partial charge in [0.15, 0.2) is 40.0 Å². The summed E-state index contributed by atoms with van der Waals surface area (Å²) in [5, 5.41) is 36.9. The van der Waals surface area contributed by atoms with Crippen molar-refractivity contribution in [3.05, 3.63) is 62.7 Å². The number of likely N-dealkylation sites (N-methyl/N-ethyl adjacent to an activating group) is 1. The Balaban J connectivity index is 1.33. The van der Waals surface area contributed by atoms with Gasteiger partial charge in [0.05, 0.1) is 37.6 Å². The van der Waals surface area contributed by atoms with Crippen molar-refractivity contribution in [1.82, 2.24) is 15.1 Å². The Bertz CT molecular complexity index is 2220. The highest BCUT2D eigenvalue weighted by Gasteiger charge is 2.62. The smallest absolute Gasteiger partial charge is 0.331 e. The number of aryl methyl sites for hydroxylation is 1. The Hall–Kier alpha value is -4.88. The largest absolute Gasteiger partial charge is 0.504 e. The third kappa shape index (κ3) is 4.90. The van der Waals surface area contributed by atoms with Crippen molar-refractivity contribution in [2.24, 2.45) is 0 Å². The predicted molar refractivity (Wildman–Crippen MR) is 198 cm³/mol. The number of nitriles is 1. The van der Waals surface area contributed by atoms with E-state index in [-0.39, 0.29) is 42.4 Å². The molecule has 55 heavy (non-hydrogen) atoms. The van der Waals surface area contributed by atoms with Crippen LogP contribution in [0.5, 0.6) is 40.2 Å². The maximum absolute atomic E-state index is 14.7. The second kappa shape index (κ2) is 12.8. The summed E-state index contributed by atoms with van der Waals surface area (Å²) in [6.45, 7) is 5.28. The molecule has 0 radical (unpaired) electrons. The lowest BCUT2D eigenvalue weighted by Gasteiger charge is -2.62. The number of aromatic hydroxyl groups is 2. The molecule has 10 rings (SSSR count). The molecule has 3 aromatic carbocycles. The van der Waals surface area contributed by atoms with Crippen LogP contribution in [0.15, 0.2) is 18.2 Å². The van der Waals surface area contributed by atoms with Gasteiger partial charge in [-0.25, -0.2) is 4.79 Å². The molecule has 0 saturated carbocycles. The van der Waals surface area contributed by atoms with E-state index in [9.17, 15) is 25.1 Å². The number of benzene rings is 3. The van der Waals surface area contributed by atoms with E-state index >= 15 is 0 Å². The first-order valence-electron chi connectivity index (χ1n) is 18.3. The zero-order chi connectivity index (χ0) is 38.7. The summed E-state index contributed by atoms with van der Waals surface area (Å²) < 4.78 is 36.1. The number of hydrogen-bond acceptors (Lipinski definition) is 15. The molecule has 7 atom stereocenters. The van der Waals surface area contributed by atoms with E-state index in [1.807, 2.05) is 27.0 Å². The first-order valence-corrected chi connectivity index (χ1v) is 19.4. The lowest BCUT2D eigenvalue weighted by Crippen LogP contribution is -2.69. The quantitative estimate of drug-likeness (QED) is 0.258. The van der Waals surface area contributed by atoms with Gasteiger partial charge in [-0.15, -0.1) is 11.8 Å². The zero-order valence-electron chi connectivity index (χ0n) is 31.3. The highest BCUT2D eigenvalue weighted by Crippen LogP contribution is 2.64. The number of phenolic OH excluding ortho intramolecular Hbond substituents is 2. The molecule has 15 heteroatoms. The van der Waals surface area contributed by atoms with E-state index in [0.29, 0.717) is 70.2 Å². The Kier molecular flexibility index (Phi) is 8.36. The maximum Gasteiger partial charge on any atom is 0.331 e. The molecule has 3 aromatic rings. The Morgan fingerprint density at radius 1 is 1.05 bits per heavy atom. The van der Waals surface area contributed by atoms with Gasteiger partial charge in [-0.3, -0.25) is 19.9 Å². The van der Waals surface area contributed by atoms with Crippen molar-refractivity contribution in [2.45, 2.75) is 74.6 Å². The highest BCUT2D eigenvalue weighted by molar-refractivity contribution is 7.99. The Labute approximate surface area is 322 Å². The third-order valence-corrected chi connectivity index (χ3v) is 13.9. The number of methoxy groups -OCH3 is 2. The molecule has 3 N–H and O–H groups in total. The van der Waals surface area contributed by atoms with Gasteiger partial charge in [-0.1, -0.05) is 6.07 Å². The molecular formula is C40H42N4O10S. The van der Waals surface area contributed by atoms with Gasteiger partial charge in [-0.2, -0.15) is 5.26 Å². The standard InChI is InChI=1S/C40H42N4O10S/c1-17-9-21-10-23-24(13-41)44-25-14-51-39(48)40(22-12-27(49-5)26(46)11-20(22)7-8-42-40)15-55-38(32(44)31(43(23)4)28(21)33(47)34(17)50-6)30-29(25)37-36(52-16-53-37)18(2)35(30)54-19(3)45/h9,11-12,23-25,31-32,38,42,46-47H,7-8,10,14-16H2,1-6H3/t23-,24-,25-,31+,32+,38+,40?/m0/s1. The van der Waals surface area contributed by atoms with Crippen LogP contribution in [-0.4, -0.2) is 97.0 Å². The minimum absolute atomic E-state index is 0.0239. The minimum atomic E-state index is -1.36. The molecule has 1 unspecified atom stereocenters. The molecule has 7 aliphatic heterocycles. The van der Waals surface area contributed by atoms with Gasteiger partial charge >= 0.3 is 11.9 Å². The van der Waals surface area contributed by atoms with Crippen LogP contribution in [0.2, 0.25) is 0 Å². The molecular weight excluding hydrogens is 729 g/mol. The molecule has 4 bridgehead atoms. The van der Waals surface area contributed by atoms with Crippen LogP contribution in [0, 0.1) is 25.2 Å². The van der Waals surface area contributed by atoms with Crippen LogP contribution in [0.25, 0.3) is 0 Å². The van der Waals surface area contributed by atoms with Crippen LogP contribution in [0.3, 0.4) is 0 Å². The van der Waals surface area contributed by atoms with Crippen molar-refractivity contribution < 1.29 is 48.2 Å². The van der Waals surface area contributed by atoms with Gasteiger partial charge < -0.3 is 38.6 Å². The number of carbonyl (C=O) groups excluding carboxylic acids is 2. The number of esters is 2. The molecule has 7 aliphatic rings. The molecule has 0 amide bonds. The van der Waals surface area contributed by atoms with E-state index in [1.165, 1.54) is 32.9 Å². The van der Waals surface area contributed by atoms with Gasteiger partial charge in [0.2, 0.25) is 6.79 Å². The second-order valence-electron chi connectivity index (χ2n) is 15.1. The fourth-order valence-electron chi connectivity index (χ4n) is 10.2. The van der Waals surface area contributed by atoms with E-state index in [1.54, 1.807) is 12.1 Å². The number of nitrogens with one attached hydrogen (secondary N) is 1. The topological polar surface area (TPSA) is 172 Å². The molecule has 2 saturated heterocycles. The van der Waals surface area contributed by atoms with Crippen LogP contribution < -0.4 is 29.0 Å². The summed E-state index contributed by atoms with van der Waals surface area (Å²) in [5.74, 6) is 0.973. The third-order valence-electron chi connectivity index (χ3n) is 12.4. The summed E-state index contributed by atoms with van der Waals surface area (Å²) in [5.41, 5.74) is 4.41. The van der Waals surface area contributed by atoms with Gasteiger partial charge in [-0.05, 0) is 68.1 Å². The molecule has 0 aromatic heterocycles. The molecule has 2 fully saturated rings. The Morgan fingerprint density at radius 3 is 2.56 bits per heavy atom. The Morgan fingerprint density at radius 2 is 1.84 bits per heavy atom. The lowest BCUT2D eigenvalue weighted by molar-refractivity contribution is -0.157. The summed E-state index contributed by atoms with van der Waals surface area (Å²) in [4.78, 5) is 32.0. The number of nitrogens with zero attached hydrogens (tertiary/aromatic N) is 3. The van der Waals surface area contributed by atoms with E-state index in [0.717, 1.165) is 16.7 Å². The van der Waals surface area contributed by atoms with E-state index in [2.05, 4.69) is 21.2 Å². The van der Waals surface area contributed by atoms with Gasteiger partial charge in [0.25, 0.3) is 0 Å². The first-order chi connectivity index (χ1) is 26.4. The molecule has 0 aliphatic carbocycles. The van der Waals surface area contributed by atoms with Crippen molar-refractivity contribution >= 4 is 23.7 Å². The van der Waals surface area contributed by atoms with Crippen molar-refractivity contribution in [1.29, 1.82) is 5.26 Å². The lowest BCUT2D eigenvalue weighted by atomic mass is 9.71. The summed E-state index contributed by atoms with van der Waals surface area (Å²) in [6.07, 6.45) is 1.05. The van der Waals surface area contributed by atoms with Crippen LogP contribution in [-0.2, 0) is 32.7 Å². The number of fused-ring (bicyclic) bond motifs is 9. The van der Waals surface area contributed by atoms with Gasteiger partial charge in [0, 0.05) is 53.6 Å². The fraction of sp³-hybridized carbons (Fsp3) is 0.475. The van der Waals surface area contributed by atoms with Crippen molar-refractivity contribution in [3.63, 3.8) is 0 Å². The first kappa shape index (κ1) is 35.8. The zero-order valence-corrected chi connectivity index (χ0v) is 32.2. The predicted octanol–water partition coefficient (Wildman–Crippen LogP) is 3.99. The SMILES string of the molecule is COc1cc2c(cc1O)CCNC21CS[C@@H]2c3c(OC(C)=O)c(C)c4c(c3[C@H](COC1=O)N1[C@@H]2[C@H]2c3c(cc(C)c(OC)c3O)C[C@@H]([C@@H]1C#N)N2C)OCO4. The number of carbonyl (C=O) groups is 2. The second-order valence-corrected chi connectivity index (χ2v) is 16.2. The fourth-order valence-corrected chi connectivity index (χ4v) is 11.9. The normalized spacial score (nSPS) is 28.9. The average Bonchev–Trinajstić information content (AvgIpc) is 3.65. The summed E-state index contributed by atoms with van der Waals surface area (Å²) in [7, 11) is 4.99. The number of ether oxygens (including phenoxy) is 6. The summed E-state index contributed by atoms with van der Waals surface area (Å²) in [6, 6.07) is 5.28. The summed E-state index contributed by atoms with van der Waals surface area (Å²) >= 11 is 1.48. The number of hydrogen-bond donors (Lipinski definition) is 3. The number of piperazine rings is 1. The van der Waals surface area contributed by atoms with Crippen LogP contribution >= 0.6 is 11.8 Å². The van der Waals surface area contributed by atoms with Crippen LogP contribution in [0.4, 0.5) is 0 Å². The van der Waals surface area contributed by atoms with E-state index < -0.39 is 46.9 Å². The van der Waals surface area contributed by atoms with Crippen molar-refractivity contribution in [2.75, 3.05) is 47.0 Å². The molecule has 7 heterocycles. The van der Waals surface area contributed by atoms with Crippen LogP contribution in [0.1, 0.15) is 68.8 Å². The molecule has 1 spiro atoms.